The number of hydrogen-bond donors (Lipinski definition) is 1. The lowest BCUT2D eigenvalue weighted by Gasteiger charge is -2.01. The Labute approximate surface area is 140 Å². The van der Waals surface area contributed by atoms with Gasteiger partial charge in [0.1, 0.15) is 5.75 Å². The van der Waals surface area contributed by atoms with Crippen LogP contribution in [0.3, 0.4) is 0 Å². The summed E-state index contributed by atoms with van der Waals surface area (Å²) in [7, 11) is 0. The van der Waals surface area contributed by atoms with Crippen molar-refractivity contribution in [3.05, 3.63) is 60.9 Å². The molecule has 0 radical (unpaired) electrons. The lowest BCUT2D eigenvalue weighted by atomic mass is 10.2. The van der Waals surface area contributed by atoms with E-state index in [0.717, 1.165) is 32.9 Å². The van der Waals surface area contributed by atoms with Crippen molar-refractivity contribution in [2.75, 3.05) is 0 Å². The van der Waals surface area contributed by atoms with E-state index in [4.69, 9.17) is 4.74 Å². The van der Waals surface area contributed by atoms with Gasteiger partial charge in [-0.2, -0.15) is 5.10 Å². The van der Waals surface area contributed by atoms with Crippen LogP contribution in [0.4, 0.5) is 0 Å². The minimum Gasteiger partial charge on any atom is -0.429 e. The Bertz CT molecular complexity index is 1110. The van der Waals surface area contributed by atoms with Gasteiger partial charge in [-0.3, -0.25) is 5.10 Å². The number of H-pyrrole nitrogens is 1. The molecule has 7 heteroatoms. The van der Waals surface area contributed by atoms with Crippen LogP contribution in [0.2, 0.25) is 0 Å². The van der Waals surface area contributed by atoms with E-state index in [0.29, 0.717) is 5.19 Å². The van der Waals surface area contributed by atoms with Gasteiger partial charge in [-0.1, -0.05) is 36.4 Å². The summed E-state index contributed by atoms with van der Waals surface area (Å²) in [5.74, 6) is 0.724. The van der Waals surface area contributed by atoms with Gasteiger partial charge >= 0.3 is 0 Å². The number of nitrogens with zero attached hydrogens (tertiary/aromatic N) is 4. The third-order valence-corrected chi connectivity index (χ3v) is 4.54. The molecule has 0 aliphatic rings. The zero-order chi connectivity index (χ0) is 15.9. The quantitative estimate of drug-likeness (QED) is 0.539. The van der Waals surface area contributed by atoms with Crippen LogP contribution < -0.4 is 4.74 Å². The maximum atomic E-state index is 5.93. The van der Waals surface area contributed by atoms with E-state index in [2.05, 4.69) is 20.3 Å². The minimum atomic E-state index is 0.547. The fraction of sp³-hybridized carbons (Fsp3) is 0. The van der Waals surface area contributed by atoms with Crippen molar-refractivity contribution in [1.82, 2.24) is 24.8 Å². The summed E-state index contributed by atoms with van der Waals surface area (Å²) in [5.41, 5.74) is 2.90. The van der Waals surface area contributed by atoms with E-state index >= 15 is 0 Å². The second-order valence-electron chi connectivity index (χ2n) is 5.28. The van der Waals surface area contributed by atoms with Crippen LogP contribution in [-0.2, 0) is 0 Å². The zero-order valence-corrected chi connectivity index (χ0v) is 13.2. The van der Waals surface area contributed by atoms with Gasteiger partial charge in [-0.15, -0.1) is 5.10 Å². The second kappa shape index (κ2) is 5.17. The highest BCUT2D eigenvalue weighted by atomic mass is 32.1. The molecule has 0 saturated heterocycles. The molecule has 6 nitrogen and oxygen atoms in total. The topological polar surface area (TPSA) is 68.1 Å². The highest BCUT2D eigenvalue weighted by Gasteiger charge is 2.12. The van der Waals surface area contributed by atoms with Crippen LogP contribution in [0.1, 0.15) is 0 Å². The van der Waals surface area contributed by atoms with Crippen molar-refractivity contribution in [3.63, 3.8) is 0 Å². The number of benzene rings is 2. The van der Waals surface area contributed by atoms with Crippen molar-refractivity contribution in [2.24, 2.45) is 0 Å². The molecule has 0 unspecified atom stereocenters. The number of nitrogens with one attached hydrogen (secondary N) is 1. The molecule has 3 aromatic heterocycles. The van der Waals surface area contributed by atoms with Crippen molar-refractivity contribution in [2.45, 2.75) is 0 Å². The normalized spacial score (nSPS) is 11.3. The summed E-state index contributed by atoms with van der Waals surface area (Å²) >= 11 is 1.41. The molecule has 0 fully saturated rings. The zero-order valence-electron chi connectivity index (χ0n) is 12.4. The molecular weight excluding hydrogens is 322 g/mol. The molecule has 116 valence electrons. The molecule has 5 rings (SSSR count). The molecular formula is C17H11N5OS. The SMILES string of the molecule is c1ccc(-c2cn3nc(Oc4cccc5[nH]ncc45)sc3n2)cc1. The Morgan fingerprint density at radius 2 is 1.96 bits per heavy atom. The first-order valence-corrected chi connectivity index (χ1v) is 8.20. The van der Waals surface area contributed by atoms with E-state index in [1.165, 1.54) is 11.3 Å². The van der Waals surface area contributed by atoms with Gasteiger partial charge in [0.05, 0.1) is 29.0 Å². The van der Waals surface area contributed by atoms with Gasteiger partial charge < -0.3 is 4.74 Å². The van der Waals surface area contributed by atoms with E-state index in [1.54, 1.807) is 10.7 Å². The fourth-order valence-corrected chi connectivity index (χ4v) is 3.34. The summed E-state index contributed by atoms with van der Waals surface area (Å²) < 4.78 is 7.67. The number of hydrogen-bond acceptors (Lipinski definition) is 5. The Kier molecular flexibility index (Phi) is 2.86. The molecule has 0 amide bonds. The maximum Gasteiger partial charge on any atom is 0.299 e. The van der Waals surface area contributed by atoms with Crippen LogP contribution in [-0.4, -0.2) is 24.8 Å². The van der Waals surface area contributed by atoms with Crippen LogP contribution in [0.5, 0.6) is 10.9 Å². The molecule has 0 aliphatic carbocycles. The number of rotatable bonds is 3. The molecule has 5 aromatic rings. The first kappa shape index (κ1) is 13.3. The Hall–Kier alpha value is -3.19. The van der Waals surface area contributed by atoms with E-state index in [9.17, 15) is 0 Å². The molecule has 0 atom stereocenters. The highest BCUT2D eigenvalue weighted by molar-refractivity contribution is 7.18. The van der Waals surface area contributed by atoms with Crippen molar-refractivity contribution < 1.29 is 4.74 Å². The monoisotopic (exact) mass is 333 g/mol. The van der Waals surface area contributed by atoms with Crippen LogP contribution >= 0.6 is 11.3 Å². The Morgan fingerprint density at radius 1 is 1.04 bits per heavy atom. The first-order chi connectivity index (χ1) is 11.9. The van der Waals surface area contributed by atoms with E-state index in [-0.39, 0.29) is 0 Å². The molecule has 0 spiro atoms. The number of imidazole rings is 1. The van der Waals surface area contributed by atoms with Crippen molar-refractivity contribution in [3.8, 4) is 22.2 Å². The van der Waals surface area contributed by atoms with Gasteiger partial charge in [-0.05, 0) is 23.5 Å². The molecule has 0 saturated carbocycles. The number of fused-ring (bicyclic) bond motifs is 2. The van der Waals surface area contributed by atoms with Crippen LogP contribution in [0, 0.1) is 0 Å². The molecule has 24 heavy (non-hydrogen) atoms. The van der Waals surface area contributed by atoms with E-state index in [1.807, 2.05) is 54.7 Å². The number of aromatic nitrogens is 5. The minimum absolute atomic E-state index is 0.547. The highest BCUT2D eigenvalue weighted by Crippen LogP contribution is 2.32. The summed E-state index contributed by atoms with van der Waals surface area (Å²) in [6.07, 6.45) is 3.66. The summed E-state index contributed by atoms with van der Waals surface area (Å²) in [6.45, 7) is 0. The third-order valence-electron chi connectivity index (χ3n) is 3.74. The average molecular weight is 333 g/mol. The predicted molar refractivity (Wildman–Crippen MR) is 92.5 cm³/mol. The fourth-order valence-electron chi connectivity index (χ4n) is 2.60. The molecule has 1 N–H and O–H groups in total. The van der Waals surface area contributed by atoms with Gasteiger partial charge in [0.15, 0.2) is 0 Å². The molecule has 2 aromatic carbocycles. The van der Waals surface area contributed by atoms with Gasteiger partial charge in [0.25, 0.3) is 5.19 Å². The van der Waals surface area contributed by atoms with Gasteiger partial charge in [0.2, 0.25) is 4.96 Å². The van der Waals surface area contributed by atoms with Crippen molar-refractivity contribution >= 4 is 27.2 Å². The number of ether oxygens (including phenoxy) is 1. The first-order valence-electron chi connectivity index (χ1n) is 7.38. The predicted octanol–water partition coefficient (Wildman–Crippen LogP) is 4.13. The third kappa shape index (κ3) is 2.14. The molecule has 0 bridgehead atoms. The Morgan fingerprint density at radius 3 is 2.83 bits per heavy atom. The lowest BCUT2D eigenvalue weighted by molar-refractivity contribution is 0.476. The van der Waals surface area contributed by atoms with Crippen LogP contribution in [0.25, 0.3) is 27.1 Å². The largest absolute Gasteiger partial charge is 0.429 e. The van der Waals surface area contributed by atoms with Gasteiger partial charge in [0, 0.05) is 5.56 Å². The number of aromatic amines is 1. The molecule has 3 heterocycles. The summed E-state index contributed by atoms with van der Waals surface area (Å²) in [6, 6.07) is 15.8. The molecule has 0 aliphatic heterocycles. The smallest absolute Gasteiger partial charge is 0.299 e. The average Bonchev–Trinajstić information content (AvgIpc) is 3.30. The summed E-state index contributed by atoms with van der Waals surface area (Å²) in [4.78, 5) is 5.41. The lowest BCUT2D eigenvalue weighted by Crippen LogP contribution is -1.86. The van der Waals surface area contributed by atoms with E-state index < -0.39 is 0 Å². The van der Waals surface area contributed by atoms with Crippen molar-refractivity contribution in [1.29, 1.82) is 0 Å². The maximum absolute atomic E-state index is 5.93. The standard InChI is InChI=1S/C17H11N5OS/c1-2-5-11(6-3-1)14-10-22-16(19-14)24-17(21-22)23-15-8-4-7-13-12(15)9-18-20-13/h1-10H,(H,18,20). The second-order valence-corrected chi connectivity index (χ2v) is 6.20. The van der Waals surface area contributed by atoms with Crippen LogP contribution in [0.15, 0.2) is 60.9 Å². The summed E-state index contributed by atoms with van der Waals surface area (Å²) in [5, 5.41) is 12.9. The Balaban J connectivity index is 1.50. The van der Waals surface area contributed by atoms with Gasteiger partial charge in [-0.25, -0.2) is 9.50 Å².